The van der Waals surface area contributed by atoms with Gasteiger partial charge in [0.2, 0.25) is 0 Å². The van der Waals surface area contributed by atoms with Crippen LogP contribution in [0.5, 0.6) is 0 Å². The van der Waals surface area contributed by atoms with E-state index in [1.54, 1.807) is 12.3 Å². The summed E-state index contributed by atoms with van der Waals surface area (Å²) in [5.41, 5.74) is 5.28. The van der Waals surface area contributed by atoms with Gasteiger partial charge in [-0.2, -0.15) is 5.10 Å². The predicted octanol–water partition coefficient (Wildman–Crippen LogP) is 5.07. The molecule has 0 unspecified atom stereocenters. The molecule has 0 aliphatic rings. The van der Waals surface area contributed by atoms with Gasteiger partial charge in [0.25, 0.3) is 5.91 Å². The van der Waals surface area contributed by atoms with Crippen molar-refractivity contribution in [1.82, 2.24) is 5.43 Å². The van der Waals surface area contributed by atoms with E-state index in [1.165, 1.54) is 0 Å². The van der Waals surface area contributed by atoms with Gasteiger partial charge in [-0.05, 0) is 46.7 Å². The van der Waals surface area contributed by atoms with Gasteiger partial charge in [-0.1, -0.05) is 66.2 Å². The highest BCUT2D eigenvalue weighted by atomic mass is 16.2. The third-order valence-electron chi connectivity index (χ3n) is 4.45. The minimum absolute atomic E-state index is 0.213. The van der Waals surface area contributed by atoms with Crippen molar-refractivity contribution >= 4 is 33.7 Å². The van der Waals surface area contributed by atoms with Crippen LogP contribution in [0, 0.1) is 6.92 Å². The zero-order valence-electron chi connectivity index (χ0n) is 14.4. The van der Waals surface area contributed by atoms with Crippen LogP contribution in [0.1, 0.15) is 21.5 Å². The first-order valence-electron chi connectivity index (χ1n) is 8.53. The molecule has 0 spiro atoms. The number of carbonyl (C=O) groups excluding carboxylic acids is 1. The Morgan fingerprint density at radius 1 is 0.846 bits per heavy atom. The summed E-state index contributed by atoms with van der Waals surface area (Å²) in [7, 11) is 0. The molecule has 4 aromatic carbocycles. The number of aryl methyl sites for hydroxylation is 1. The topological polar surface area (TPSA) is 41.5 Å². The molecule has 3 heteroatoms. The van der Waals surface area contributed by atoms with Crippen LogP contribution in [-0.2, 0) is 0 Å². The summed E-state index contributed by atoms with van der Waals surface area (Å²) < 4.78 is 0. The minimum atomic E-state index is -0.213. The van der Waals surface area contributed by atoms with Crippen LogP contribution in [0.15, 0.2) is 84.0 Å². The number of fused-ring (bicyclic) bond motifs is 2. The van der Waals surface area contributed by atoms with Gasteiger partial charge in [-0.3, -0.25) is 4.79 Å². The molecule has 126 valence electrons. The standard InChI is InChI=1S/C23H18N2O/c1-16-7-6-10-19(13-16)23(26)25-24-15-22-20-11-4-2-8-17(20)14-18-9-3-5-12-21(18)22/h2-15H,1H3,(H,25,26)/b24-15+. The van der Waals surface area contributed by atoms with Gasteiger partial charge in [-0.15, -0.1) is 0 Å². The van der Waals surface area contributed by atoms with Crippen molar-refractivity contribution in [1.29, 1.82) is 0 Å². The average Bonchev–Trinajstić information content (AvgIpc) is 2.67. The van der Waals surface area contributed by atoms with Crippen LogP contribution in [0.4, 0.5) is 0 Å². The van der Waals surface area contributed by atoms with Crippen molar-refractivity contribution in [2.45, 2.75) is 6.92 Å². The molecule has 0 fully saturated rings. The Kier molecular flexibility index (Phi) is 4.20. The number of amides is 1. The fourth-order valence-electron chi connectivity index (χ4n) is 3.19. The summed E-state index contributed by atoms with van der Waals surface area (Å²) in [6, 6.07) is 26.0. The molecule has 1 amide bonds. The van der Waals surface area contributed by atoms with E-state index in [4.69, 9.17) is 0 Å². The van der Waals surface area contributed by atoms with E-state index in [9.17, 15) is 4.79 Å². The van der Waals surface area contributed by atoms with Crippen LogP contribution in [0.2, 0.25) is 0 Å². The van der Waals surface area contributed by atoms with Crippen molar-refractivity contribution in [2.75, 3.05) is 0 Å². The zero-order valence-corrected chi connectivity index (χ0v) is 14.4. The van der Waals surface area contributed by atoms with E-state index in [1.807, 2.05) is 49.4 Å². The van der Waals surface area contributed by atoms with E-state index < -0.39 is 0 Å². The average molecular weight is 338 g/mol. The van der Waals surface area contributed by atoms with Crippen LogP contribution < -0.4 is 5.43 Å². The number of carbonyl (C=O) groups is 1. The van der Waals surface area contributed by atoms with Gasteiger partial charge in [-0.25, -0.2) is 5.43 Å². The number of nitrogens with zero attached hydrogens (tertiary/aromatic N) is 1. The second kappa shape index (κ2) is 6.81. The van der Waals surface area contributed by atoms with E-state index in [0.29, 0.717) is 5.56 Å². The number of nitrogens with one attached hydrogen (secondary N) is 1. The Labute approximate surface area is 152 Å². The lowest BCUT2D eigenvalue weighted by molar-refractivity contribution is 0.0955. The molecule has 1 N–H and O–H groups in total. The molecule has 0 saturated carbocycles. The lowest BCUT2D eigenvalue weighted by atomic mass is 9.97. The third-order valence-corrected chi connectivity index (χ3v) is 4.45. The first kappa shape index (κ1) is 16.0. The monoisotopic (exact) mass is 338 g/mol. The SMILES string of the molecule is Cc1cccc(C(=O)N/N=C/c2c3ccccc3cc3ccccc23)c1. The molecular formula is C23H18N2O. The maximum atomic E-state index is 12.3. The number of benzene rings is 4. The molecule has 0 radical (unpaired) electrons. The fourth-order valence-corrected chi connectivity index (χ4v) is 3.19. The Balaban J connectivity index is 1.71. The van der Waals surface area contributed by atoms with E-state index >= 15 is 0 Å². The molecule has 0 bridgehead atoms. The summed E-state index contributed by atoms with van der Waals surface area (Å²) in [6.07, 6.45) is 1.73. The molecule has 0 saturated heterocycles. The maximum absolute atomic E-state index is 12.3. The predicted molar refractivity (Wildman–Crippen MR) is 108 cm³/mol. The van der Waals surface area contributed by atoms with E-state index in [0.717, 1.165) is 32.7 Å². The summed E-state index contributed by atoms with van der Waals surface area (Å²) in [5, 5.41) is 8.75. The van der Waals surface area contributed by atoms with Crippen molar-refractivity contribution < 1.29 is 4.79 Å². The van der Waals surface area contributed by atoms with Crippen molar-refractivity contribution in [2.24, 2.45) is 5.10 Å². The third kappa shape index (κ3) is 3.07. The number of hydrogen-bond acceptors (Lipinski definition) is 2. The zero-order chi connectivity index (χ0) is 17.9. The Morgan fingerprint density at radius 3 is 2.15 bits per heavy atom. The van der Waals surface area contributed by atoms with Gasteiger partial charge in [0, 0.05) is 11.1 Å². The smallest absolute Gasteiger partial charge is 0.267 e. The number of hydrazone groups is 1. The highest BCUT2D eigenvalue weighted by Crippen LogP contribution is 2.27. The lowest BCUT2D eigenvalue weighted by Gasteiger charge is -2.08. The van der Waals surface area contributed by atoms with Crippen LogP contribution >= 0.6 is 0 Å². The van der Waals surface area contributed by atoms with Crippen LogP contribution in [0.25, 0.3) is 21.5 Å². The molecule has 0 heterocycles. The van der Waals surface area contributed by atoms with Gasteiger partial charge in [0.05, 0.1) is 6.21 Å². The molecule has 4 rings (SSSR count). The quantitative estimate of drug-likeness (QED) is 0.316. The number of hydrogen-bond donors (Lipinski definition) is 1. The summed E-state index contributed by atoms with van der Waals surface area (Å²) in [5.74, 6) is -0.213. The Morgan fingerprint density at radius 2 is 1.50 bits per heavy atom. The second-order valence-corrected chi connectivity index (χ2v) is 6.30. The minimum Gasteiger partial charge on any atom is -0.267 e. The van der Waals surface area contributed by atoms with Gasteiger partial charge < -0.3 is 0 Å². The molecule has 3 nitrogen and oxygen atoms in total. The van der Waals surface area contributed by atoms with Gasteiger partial charge in [0.15, 0.2) is 0 Å². The second-order valence-electron chi connectivity index (χ2n) is 6.30. The first-order valence-corrected chi connectivity index (χ1v) is 8.53. The molecule has 0 atom stereocenters. The molecule has 26 heavy (non-hydrogen) atoms. The van der Waals surface area contributed by atoms with Crippen LogP contribution in [0.3, 0.4) is 0 Å². The molecule has 0 aliphatic heterocycles. The molecular weight excluding hydrogens is 320 g/mol. The molecule has 4 aromatic rings. The molecule has 0 aromatic heterocycles. The Bertz CT molecular complexity index is 1090. The van der Waals surface area contributed by atoms with Crippen LogP contribution in [-0.4, -0.2) is 12.1 Å². The van der Waals surface area contributed by atoms with Crippen molar-refractivity contribution in [3.63, 3.8) is 0 Å². The maximum Gasteiger partial charge on any atom is 0.271 e. The van der Waals surface area contributed by atoms with E-state index in [2.05, 4.69) is 40.9 Å². The van der Waals surface area contributed by atoms with Gasteiger partial charge in [0.1, 0.15) is 0 Å². The Hall–Kier alpha value is -3.46. The highest BCUT2D eigenvalue weighted by molar-refractivity contribution is 6.13. The lowest BCUT2D eigenvalue weighted by Crippen LogP contribution is -2.17. The van der Waals surface area contributed by atoms with E-state index in [-0.39, 0.29) is 5.91 Å². The fraction of sp³-hybridized carbons (Fsp3) is 0.0435. The van der Waals surface area contributed by atoms with Gasteiger partial charge >= 0.3 is 0 Å². The van der Waals surface area contributed by atoms with Crippen molar-refractivity contribution in [3.8, 4) is 0 Å². The summed E-state index contributed by atoms with van der Waals surface area (Å²) >= 11 is 0. The normalized spacial score (nSPS) is 11.3. The highest BCUT2D eigenvalue weighted by Gasteiger charge is 2.06. The first-order chi connectivity index (χ1) is 12.7. The summed E-state index contributed by atoms with van der Waals surface area (Å²) in [6.45, 7) is 1.96. The van der Waals surface area contributed by atoms with Crippen molar-refractivity contribution in [3.05, 3.63) is 95.6 Å². The summed E-state index contributed by atoms with van der Waals surface area (Å²) in [4.78, 5) is 12.3. The largest absolute Gasteiger partial charge is 0.271 e. The molecule has 0 aliphatic carbocycles. The number of rotatable bonds is 3.